The van der Waals surface area contributed by atoms with E-state index in [4.69, 9.17) is 4.74 Å². The molecule has 0 bridgehead atoms. The van der Waals surface area contributed by atoms with Crippen LogP contribution in [-0.2, 0) is 16.0 Å². The van der Waals surface area contributed by atoms with Gasteiger partial charge in [0.05, 0.1) is 17.0 Å². The van der Waals surface area contributed by atoms with Crippen LogP contribution >= 0.6 is 0 Å². The number of esters is 1. The molecule has 2 aliphatic rings. The molecule has 2 amide bonds. The summed E-state index contributed by atoms with van der Waals surface area (Å²) in [6.07, 6.45) is 10.7. The monoisotopic (exact) mass is 475 g/mol. The first kappa shape index (κ1) is 25.2. The van der Waals surface area contributed by atoms with Gasteiger partial charge < -0.3 is 4.74 Å². The van der Waals surface area contributed by atoms with E-state index in [0.29, 0.717) is 11.1 Å². The molecule has 1 aliphatic carbocycles. The van der Waals surface area contributed by atoms with Crippen LogP contribution in [0.2, 0.25) is 0 Å². The molecule has 2 unspecified atom stereocenters. The summed E-state index contributed by atoms with van der Waals surface area (Å²) in [5.74, 6) is -0.500. The number of nitrogens with zero attached hydrogens (tertiary/aromatic N) is 1. The van der Waals surface area contributed by atoms with Crippen molar-refractivity contribution in [3.8, 4) is 0 Å². The van der Waals surface area contributed by atoms with E-state index in [2.05, 4.69) is 12.1 Å². The average Bonchev–Trinajstić information content (AvgIpc) is 3.47. The van der Waals surface area contributed by atoms with Crippen molar-refractivity contribution in [2.24, 2.45) is 5.92 Å². The Bertz CT molecular complexity index is 977. The average molecular weight is 476 g/mol. The van der Waals surface area contributed by atoms with E-state index < -0.39 is 0 Å². The van der Waals surface area contributed by atoms with Crippen LogP contribution in [0.5, 0.6) is 0 Å². The first-order chi connectivity index (χ1) is 17.0. The summed E-state index contributed by atoms with van der Waals surface area (Å²) in [6, 6.07) is 17.1. The number of ether oxygens (including phenoxy) is 1. The maximum absolute atomic E-state index is 12.9. The van der Waals surface area contributed by atoms with E-state index in [0.717, 1.165) is 70.6 Å². The van der Waals surface area contributed by atoms with Gasteiger partial charge in [-0.15, -0.1) is 0 Å². The second-order valence-electron chi connectivity index (χ2n) is 10.1. The smallest absolute Gasteiger partial charge is 0.309 e. The number of carbonyl (C=O) groups excluding carboxylic acids is 3. The zero-order valence-corrected chi connectivity index (χ0v) is 20.8. The molecule has 0 N–H and O–H groups in total. The maximum Gasteiger partial charge on any atom is 0.309 e. The Kier molecular flexibility index (Phi) is 8.73. The van der Waals surface area contributed by atoms with Gasteiger partial charge in [-0.25, -0.2) is 0 Å². The van der Waals surface area contributed by atoms with Crippen molar-refractivity contribution < 1.29 is 19.1 Å². The molecular weight excluding hydrogens is 438 g/mol. The first-order valence-corrected chi connectivity index (χ1v) is 13.3. The Morgan fingerprint density at radius 1 is 0.857 bits per heavy atom. The van der Waals surface area contributed by atoms with Gasteiger partial charge in [0.25, 0.3) is 11.8 Å². The van der Waals surface area contributed by atoms with E-state index in [1.54, 1.807) is 24.3 Å². The number of hydrogen-bond acceptors (Lipinski definition) is 4. The SMILES string of the molecule is CC(CCCCCCC(Cc1ccccc1)C(=O)OC1CCCC1)N1C(=O)c2ccccc2C1=O. The zero-order valence-electron chi connectivity index (χ0n) is 20.8. The molecule has 1 fully saturated rings. The molecule has 2 aromatic rings. The molecule has 0 radical (unpaired) electrons. The highest BCUT2D eigenvalue weighted by Gasteiger charge is 2.37. The maximum atomic E-state index is 12.9. The second-order valence-corrected chi connectivity index (χ2v) is 10.1. The summed E-state index contributed by atoms with van der Waals surface area (Å²) in [5.41, 5.74) is 2.20. The van der Waals surface area contributed by atoms with Gasteiger partial charge >= 0.3 is 5.97 Å². The summed E-state index contributed by atoms with van der Waals surface area (Å²) in [5, 5.41) is 0. The first-order valence-electron chi connectivity index (χ1n) is 13.3. The van der Waals surface area contributed by atoms with Crippen LogP contribution in [0.15, 0.2) is 54.6 Å². The fourth-order valence-corrected chi connectivity index (χ4v) is 5.39. The van der Waals surface area contributed by atoms with Gasteiger partial charge in [0.15, 0.2) is 0 Å². The Morgan fingerprint density at radius 3 is 2.06 bits per heavy atom. The molecule has 0 aromatic heterocycles. The minimum absolute atomic E-state index is 0.0417. The molecule has 4 rings (SSSR count). The lowest BCUT2D eigenvalue weighted by Crippen LogP contribution is -2.37. The van der Waals surface area contributed by atoms with Crippen molar-refractivity contribution in [2.45, 2.75) is 89.7 Å². The van der Waals surface area contributed by atoms with E-state index in [9.17, 15) is 14.4 Å². The predicted octanol–water partition coefficient (Wildman–Crippen LogP) is 6.36. The van der Waals surface area contributed by atoms with E-state index >= 15 is 0 Å². The van der Waals surface area contributed by atoms with E-state index in [1.165, 1.54) is 10.5 Å². The number of rotatable bonds is 12. The third-order valence-corrected chi connectivity index (χ3v) is 7.43. The number of benzene rings is 2. The molecule has 0 spiro atoms. The number of fused-ring (bicyclic) bond motifs is 1. The largest absolute Gasteiger partial charge is 0.462 e. The van der Waals surface area contributed by atoms with Gasteiger partial charge in [-0.2, -0.15) is 0 Å². The molecule has 0 saturated heterocycles. The van der Waals surface area contributed by atoms with Crippen LogP contribution in [0.25, 0.3) is 0 Å². The van der Waals surface area contributed by atoms with Crippen LogP contribution in [0.1, 0.15) is 97.4 Å². The quantitative estimate of drug-likeness (QED) is 0.204. The van der Waals surface area contributed by atoms with Gasteiger partial charge in [0.2, 0.25) is 0 Å². The van der Waals surface area contributed by atoms with Gasteiger partial charge in [-0.05, 0) is 69.6 Å². The van der Waals surface area contributed by atoms with Gasteiger partial charge in [-0.1, -0.05) is 68.1 Å². The summed E-state index contributed by atoms with van der Waals surface area (Å²) in [7, 11) is 0. The highest BCUT2D eigenvalue weighted by atomic mass is 16.5. The molecule has 2 aromatic carbocycles. The van der Waals surface area contributed by atoms with Crippen molar-refractivity contribution >= 4 is 17.8 Å². The Labute approximate surface area is 208 Å². The molecule has 1 heterocycles. The normalized spacial score (nSPS) is 17.5. The Balaban J connectivity index is 1.21. The molecule has 5 heteroatoms. The lowest BCUT2D eigenvalue weighted by molar-refractivity contribution is -0.154. The van der Waals surface area contributed by atoms with Crippen molar-refractivity contribution in [1.29, 1.82) is 0 Å². The lowest BCUT2D eigenvalue weighted by Gasteiger charge is -2.22. The molecule has 1 aliphatic heterocycles. The number of carbonyl (C=O) groups is 3. The standard InChI is InChI=1S/C30H37NO4/c1-22(31-28(32)26-19-11-12-20-27(26)29(31)33)13-5-2-3-8-16-24(21-23-14-6-4-7-15-23)30(34)35-25-17-9-10-18-25/h4,6-7,11-12,14-15,19-20,22,24-25H,2-3,5,8-10,13,16-18,21H2,1H3. The van der Waals surface area contributed by atoms with E-state index in [-0.39, 0.29) is 35.8 Å². The van der Waals surface area contributed by atoms with Crippen LogP contribution in [0.4, 0.5) is 0 Å². The van der Waals surface area contributed by atoms with Crippen LogP contribution in [0, 0.1) is 5.92 Å². The molecule has 1 saturated carbocycles. The van der Waals surface area contributed by atoms with Crippen molar-refractivity contribution in [1.82, 2.24) is 4.90 Å². The molecule has 2 atom stereocenters. The highest BCUT2D eigenvalue weighted by Crippen LogP contribution is 2.27. The van der Waals surface area contributed by atoms with Crippen LogP contribution in [-0.4, -0.2) is 34.8 Å². The fraction of sp³-hybridized carbons (Fsp3) is 0.500. The molecule has 35 heavy (non-hydrogen) atoms. The van der Waals surface area contributed by atoms with Crippen molar-refractivity contribution in [3.05, 3.63) is 71.3 Å². The highest BCUT2D eigenvalue weighted by molar-refractivity contribution is 6.21. The van der Waals surface area contributed by atoms with Gasteiger partial charge in [0.1, 0.15) is 6.10 Å². The molecule has 186 valence electrons. The van der Waals surface area contributed by atoms with Crippen LogP contribution in [0.3, 0.4) is 0 Å². The van der Waals surface area contributed by atoms with Gasteiger partial charge in [0, 0.05) is 6.04 Å². The minimum atomic E-state index is -0.178. The third kappa shape index (κ3) is 6.39. The summed E-state index contributed by atoms with van der Waals surface area (Å²) < 4.78 is 5.85. The molecule has 5 nitrogen and oxygen atoms in total. The molecular formula is C30H37NO4. The summed E-state index contributed by atoms with van der Waals surface area (Å²) in [4.78, 5) is 39.7. The second kappa shape index (κ2) is 12.1. The minimum Gasteiger partial charge on any atom is -0.462 e. The predicted molar refractivity (Wildman–Crippen MR) is 136 cm³/mol. The fourth-order valence-electron chi connectivity index (χ4n) is 5.39. The van der Waals surface area contributed by atoms with Gasteiger partial charge in [-0.3, -0.25) is 19.3 Å². The topological polar surface area (TPSA) is 63.7 Å². The Hall–Kier alpha value is -2.95. The summed E-state index contributed by atoms with van der Waals surface area (Å²) in [6.45, 7) is 1.95. The van der Waals surface area contributed by atoms with E-state index in [1.807, 2.05) is 25.1 Å². The number of imide groups is 1. The number of unbranched alkanes of at least 4 members (excludes halogenated alkanes) is 3. The third-order valence-electron chi connectivity index (χ3n) is 7.43. The summed E-state index contributed by atoms with van der Waals surface area (Å²) >= 11 is 0. The lowest BCUT2D eigenvalue weighted by atomic mass is 9.93. The van der Waals surface area contributed by atoms with Crippen molar-refractivity contribution in [3.63, 3.8) is 0 Å². The van der Waals surface area contributed by atoms with Crippen LogP contribution < -0.4 is 0 Å². The number of amides is 2. The van der Waals surface area contributed by atoms with Crippen molar-refractivity contribution in [2.75, 3.05) is 0 Å². The zero-order chi connectivity index (χ0) is 24.6. The Morgan fingerprint density at radius 2 is 1.43 bits per heavy atom. The number of hydrogen-bond donors (Lipinski definition) is 0.